The van der Waals surface area contributed by atoms with Gasteiger partial charge >= 0.3 is 0 Å². The molecule has 0 saturated carbocycles. The molecule has 2 amide bonds. The summed E-state index contributed by atoms with van der Waals surface area (Å²) in [5.74, 6) is -0.875. The topological polar surface area (TPSA) is 100 Å². The molecule has 7 nitrogen and oxygen atoms in total. The summed E-state index contributed by atoms with van der Waals surface area (Å²) < 4.78 is 5.32. The van der Waals surface area contributed by atoms with Gasteiger partial charge in [0.2, 0.25) is 5.91 Å². The number of ether oxygens (including phenoxy) is 1. The van der Waals surface area contributed by atoms with Gasteiger partial charge in [0, 0.05) is 12.4 Å². The molecule has 3 atom stereocenters. The number of carbonyl (C=O) groups is 3. The van der Waals surface area contributed by atoms with E-state index >= 15 is 0 Å². The number of H-pyrrole nitrogens is 1. The van der Waals surface area contributed by atoms with E-state index in [-0.39, 0.29) is 35.7 Å². The van der Waals surface area contributed by atoms with Crippen LogP contribution in [0.25, 0.3) is 0 Å². The third-order valence-corrected chi connectivity index (χ3v) is 5.37. The minimum absolute atomic E-state index is 0.00795. The maximum Gasteiger partial charge on any atom is 0.253 e. The lowest BCUT2D eigenvalue weighted by atomic mass is 9.79. The van der Waals surface area contributed by atoms with Gasteiger partial charge in [-0.25, -0.2) is 0 Å². The molecule has 1 aromatic carbocycles. The number of aromatic amines is 1. The highest BCUT2D eigenvalue weighted by molar-refractivity contribution is 5.98. The van der Waals surface area contributed by atoms with Crippen molar-refractivity contribution in [2.45, 2.75) is 51.8 Å². The summed E-state index contributed by atoms with van der Waals surface area (Å²) in [4.78, 5) is 40.6. The normalized spacial score (nSPS) is 20.0. The molecule has 2 heterocycles. The van der Waals surface area contributed by atoms with Crippen LogP contribution in [0.15, 0.2) is 48.8 Å². The van der Waals surface area contributed by atoms with Gasteiger partial charge in [-0.3, -0.25) is 14.4 Å². The van der Waals surface area contributed by atoms with E-state index in [0.29, 0.717) is 12.0 Å². The summed E-state index contributed by atoms with van der Waals surface area (Å²) in [5, 5.41) is 5.62. The molecule has 2 aromatic rings. The first kappa shape index (κ1) is 21.8. The van der Waals surface area contributed by atoms with Crippen molar-refractivity contribution >= 4 is 17.6 Å². The Hall–Kier alpha value is -2.93. The number of ketones is 1. The zero-order chi connectivity index (χ0) is 21.7. The standard InChI is InChI=1S/C23H29N3O4/c1-15-20(19(27)14-30-15)26-22(29)18(25-21(28)17-9-10-24-13-17)12-23(2,3)11-16-7-5-4-6-8-16/h4-10,13,15,18,20,24H,11-12,14H2,1-3H3,(H,25,28)(H,26,29)/t15-,18-,20-/m0/s1. The molecule has 7 heteroatoms. The molecule has 0 bridgehead atoms. The fourth-order valence-electron chi connectivity index (χ4n) is 3.80. The molecular weight excluding hydrogens is 382 g/mol. The highest BCUT2D eigenvalue weighted by Gasteiger charge is 2.37. The van der Waals surface area contributed by atoms with E-state index in [1.807, 2.05) is 30.3 Å². The van der Waals surface area contributed by atoms with Crippen molar-refractivity contribution in [2.75, 3.05) is 6.61 Å². The highest BCUT2D eigenvalue weighted by atomic mass is 16.5. The first-order chi connectivity index (χ1) is 14.2. The van der Waals surface area contributed by atoms with Crippen molar-refractivity contribution in [1.29, 1.82) is 0 Å². The number of carbonyl (C=O) groups excluding carboxylic acids is 3. The monoisotopic (exact) mass is 411 g/mol. The van der Waals surface area contributed by atoms with Crippen molar-refractivity contribution in [1.82, 2.24) is 15.6 Å². The summed E-state index contributed by atoms with van der Waals surface area (Å²) in [7, 11) is 0. The Balaban J connectivity index is 1.74. The zero-order valence-corrected chi connectivity index (χ0v) is 17.6. The summed E-state index contributed by atoms with van der Waals surface area (Å²) in [6.45, 7) is 5.87. The van der Waals surface area contributed by atoms with Crippen LogP contribution >= 0.6 is 0 Å². The molecule has 1 fully saturated rings. The minimum atomic E-state index is -0.785. The van der Waals surface area contributed by atoms with E-state index in [2.05, 4.69) is 29.5 Å². The molecular formula is C23H29N3O4. The number of Topliss-reactive ketones (excluding diaryl/α,β-unsaturated/α-hetero) is 1. The van der Waals surface area contributed by atoms with Gasteiger partial charge in [-0.1, -0.05) is 44.2 Å². The van der Waals surface area contributed by atoms with Crippen molar-refractivity contribution in [3.8, 4) is 0 Å². The molecule has 1 saturated heterocycles. The van der Waals surface area contributed by atoms with Crippen molar-refractivity contribution in [2.24, 2.45) is 5.41 Å². The average Bonchev–Trinajstić information content (AvgIpc) is 3.34. The van der Waals surface area contributed by atoms with Crippen LogP contribution in [0.3, 0.4) is 0 Å². The van der Waals surface area contributed by atoms with Gasteiger partial charge in [-0.05, 0) is 36.8 Å². The van der Waals surface area contributed by atoms with Crippen LogP contribution in [0, 0.1) is 5.41 Å². The first-order valence-corrected chi connectivity index (χ1v) is 10.2. The number of benzene rings is 1. The van der Waals surface area contributed by atoms with Gasteiger partial charge < -0.3 is 20.4 Å². The van der Waals surface area contributed by atoms with Crippen LogP contribution in [0.2, 0.25) is 0 Å². The fourth-order valence-corrected chi connectivity index (χ4v) is 3.80. The predicted molar refractivity (Wildman–Crippen MR) is 113 cm³/mol. The third kappa shape index (κ3) is 5.57. The quantitative estimate of drug-likeness (QED) is 0.620. The Bertz CT molecular complexity index is 877. The van der Waals surface area contributed by atoms with E-state index in [1.54, 1.807) is 25.4 Å². The molecule has 3 rings (SSSR count). The molecule has 160 valence electrons. The molecule has 1 aliphatic rings. The molecule has 0 unspecified atom stereocenters. The lowest BCUT2D eigenvalue weighted by Crippen LogP contribution is -2.54. The van der Waals surface area contributed by atoms with Gasteiger partial charge in [-0.2, -0.15) is 0 Å². The van der Waals surface area contributed by atoms with Gasteiger partial charge in [0.15, 0.2) is 5.78 Å². The Kier molecular flexibility index (Phi) is 6.72. The smallest absolute Gasteiger partial charge is 0.253 e. The van der Waals surface area contributed by atoms with Gasteiger partial charge in [-0.15, -0.1) is 0 Å². The average molecular weight is 412 g/mol. The van der Waals surface area contributed by atoms with E-state index < -0.39 is 12.1 Å². The second-order valence-electron chi connectivity index (χ2n) is 8.63. The van der Waals surface area contributed by atoms with Gasteiger partial charge in [0.05, 0.1) is 11.7 Å². The van der Waals surface area contributed by atoms with E-state index in [9.17, 15) is 14.4 Å². The van der Waals surface area contributed by atoms with Gasteiger partial charge in [0.1, 0.15) is 18.7 Å². The van der Waals surface area contributed by atoms with Crippen LogP contribution in [-0.2, 0) is 20.7 Å². The third-order valence-electron chi connectivity index (χ3n) is 5.37. The largest absolute Gasteiger partial charge is 0.368 e. The van der Waals surface area contributed by atoms with Crippen molar-refractivity contribution < 1.29 is 19.1 Å². The van der Waals surface area contributed by atoms with Crippen LogP contribution in [0.4, 0.5) is 0 Å². The van der Waals surface area contributed by atoms with Crippen molar-refractivity contribution in [3.63, 3.8) is 0 Å². The zero-order valence-electron chi connectivity index (χ0n) is 17.6. The number of hydrogen-bond donors (Lipinski definition) is 3. The Morgan fingerprint density at radius 2 is 1.97 bits per heavy atom. The lowest BCUT2D eigenvalue weighted by molar-refractivity contribution is -0.128. The second-order valence-corrected chi connectivity index (χ2v) is 8.63. The molecule has 0 radical (unpaired) electrons. The first-order valence-electron chi connectivity index (χ1n) is 10.2. The summed E-state index contributed by atoms with van der Waals surface area (Å²) in [5.41, 5.74) is 1.34. The molecule has 0 aliphatic carbocycles. The highest BCUT2D eigenvalue weighted by Crippen LogP contribution is 2.28. The molecule has 1 aromatic heterocycles. The van der Waals surface area contributed by atoms with Crippen LogP contribution < -0.4 is 10.6 Å². The number of hydrogen-bond acceptors (Lipinski definition) is 4. The van der Waals surface area contributed by atoms with Gasteiger partial charge in [0.25, 0.3) is 5.91 Å². The van der Waals surface area contributed by atoms with E-state index in [4.69, 9.17) is 4.74 Å². The lowest BCUT2D eigenvalue weighted by Gasteiger charge is -2.30. The molecule has 30 heavy (non-hydrogen) atoms. The Morgan fingerprint density at radius 1 is 1.23 bits per heavy atom. The molecule has 0 spiro atoms. The predicted octanol–water partition coefficient (Wildman–Crippen LogP) is 2.24. The second kappa shape index (κ2) is 9.26. The van der Waals surface area contributed by atoms with Crippen LogP contribution in [0.1, 0.15) is 43.1 Å². The Labute approximate surface area is 176 Å². The van der Waals surface area contributed by atoms with E-state index in [0.717, 1.165) is 12.0 Å². The molecule has 1 aliphatic heterocycles. The van der Waals surface area contributed by atoms with Crippen LogP contribution in [-0.4, -0.2) is 47.4 Å². The minimum Gasteiger partial charge on any atom is -0.368 e. The fraction of sp³-hybridized carbons (Fsp3) is 0.435. The van der Waals surface area contributed by atoms with Crippen LogP contribution in [0.5, 0.6) is 0 Å². The SMILES string of the molecule is C[C@@H]1OCC(=O)[C@H]1NC(=O)[C@H](CC(C)(C)Cc1ccccc1)NC(=O)c1cc[nH]c1. The summed E-state index contributed by atoms with van der Waals surface area (Å²) in [6.07, 6.45) is 4.01. The maximum atomic E-state index is 13.1. The number of amides is 2. The van der Waals surface area contributed by atoms with Crippen molar-refractivity contribution in [3.05, 3.63) is 59.9 Å². The summed E-state index contributed by atoms with van der Waals surface area (Å²) in [6, 6.07) is 10.2. The maximum absolute atomic E-state index is 13.1. The number of aromatic nitrogens is 1. The van der Waals surface area contributed by atoms with E-state index in [1.165, 1.54) is 0 Å². The number of nitrogens with one attached hydrogen (secondary N) is 3. The molecule has 3 N–H and O–H groups in total. The Morgan fingerprint density at radius 3 is 2.57 bits per heavy atom. The number of rotatable bonds is 8. The summed E-state index contributed by atoms with van der Waals surface area (Å²) >= 11 is 0.